The molecule has 2 aromatic rings. The molecule has 10 nitrogen and oxygen atoms in total. The highest BCUT2D eigenvalue weighted by Gasteiger charge is 2.39. The Labute approximate surface area is 158 Å². The van der Waals surface area contributed by atoms with E-state index in [9.17, 15) is 13.2 Å². The van der Waals surface area contributed by atoms with Crippen molar-refractivity contribution in [3.05, 3.63) is 29.7 Å². The molecular formula is C16H24N6O4S. The quantitative estimate of drug-likeness (QED) is 0.659. The zero-order valence-electron chi connectivity index (χ0n) is 15.9. The van der Waals surface area contributed by atoms with Crippen LogP contribution in [0.15, 0.2) is 16.9 Å². The fourth-order valence-electron chi connectivity index (χ4n) is 2.95. The van der Waals surface area contributed by atoms with Gasteiger partial charge in [0.2, 0.25) is 15.9 Å². The van der Waals surface area contributed by atoms with Gasteiger partial charge in [0.05, 0.1) is 24.1 Å². The number of likely N-dealkylation sites (tertiary alicyclic amines) is 1. The lowest BCUT2D eigenvalue weighted by Gasteiger charge is -2.44. The molecule has 27 heavy (non-hydrogen) atoms. The predicted octanol–water partition coefficient (Wildman–Crippen LogP) is 0.255. The lowest BCUT2D eigenvalue weighted by Crippen LogP contribution is -2.62. The van der Waals surface area contributed by atoms with E-state index in [0.29, 0.717) is 36.8 Å². The molecule has 0 aromatic carbocycles. The first-order valence-electron chi connectivity index (χ1n) is 8.72. The van der Waals surface area contributed by atoms with E-state index < -0.39 is 10.0 Å². The summed E-state index contributed by atoms with van der Waals surface area (Å²) in [6.07, 6.45) is 4.68. The van der Waals surface area contributed by atoms with Gasteiger partial charge in [-0.2, -0.15) is 14.4 Å². The van der Waals surface area contributed by atoms with E-state index >= 15 is 0 Å². The number of rotatable bonds is 7. The Hall–Kier alpha value is -2.27. The Bertz CT molecular complexity index is 913. The van der Waals surface area contributed by atoms with Gasteiger partial charge in [-0.1, -0.05) is 19.0 Å². The summed E-state index contributed by atoms with van der Waals surface area (Å²) in [6.45, 7) is 4.84. The van der Waals surface area contributed by atoms with E-state index in [4.69, 9.17) is 4.52 Å². The first kappa shape index (κ1) is 19.5. The number of carbonyl (C=O) groups is 1. The molecule has 0 saturated carbocycles. The van der Waals surface area contributed by atoms with Gasteiger partial charge in [0.15, 0.2) is 5.82 Å². The number of nitrogens with zero attached hydrogens (tertiary/aromatic N) is 6. The minimum absolute atomic E-state index is 0.121. The standard InChI is InChI=1S/C16H24N6O4S/c1-11(2)15-18-14(19-26-15)5-6-22(27(4,24)25)13-9-21(10-13)16(23)12-7-17-20(3)8-12/h7-8,11,13H,5-6,9-10H2,1-4H3. The molecule has 3 rings (SSSR count). The topological polar surface area (TPSA) is 114 Å². The highest BCUT2D eigenvalue weighted by atomic mass is 32.2. The summed E-state index contributed by atoms with van der Waals surface area (Å²) in [5.41, 5.74) is 0.495. The van der Waals surface area contributed by atoms with Gasteiger partial charge in [-0.3, -0.25) is 9.48 Å². The number of aromatic nitrogens is 4. The van der Waals surface area contributed by atoms with Crippen LogP contribution < -0.4 is 0 Å². The smallest absolute Gasteiger partial charge is 0.257 e. The summed E-state index contributed by atoms with van der Waals surface area (Å²) in [5, 5.41) is 7.89. The SMILES string of the molecule is CC(C)c1nc(CCN(C2CN(C(=O)c3cnn(C)c3)C2)S(C)(=O)=O)no1. The van der Waals surface area contributed by atoms with E-state index in [-0.39, 0.29) is 24.4 Å². The van der Waals surface area contributed by atoms with Crippen LogP contribution in [0.2, 0.25) is 0 Å². The normalized spacial score (nSPS) is 15.6. The van der Waals surface area contributed by atoms with Crippen molar-refractivity contribution in [2.24, 2.45) is 7.05 Å². The fraction of sp³-hybridized carbons (Fsp3) is 0.625. The first-order chi connectivity index (χ1) is 12.6. The third-order valence-electron chi connectivity index (χ3n) is 4.47. The maximum absolute atomic E-state index is 12.4. The van der Waals surface area contributed by atoms with Crippen molar-refractivity contribution in [2.45, 2.75) is 32.2 Å². The molecule has 0 aliphatic carbocycles. The lowest BCUT2D eigenvalue weighted by molar-refractivity contribution is 0.0454. The average Bonchev–Trinajstić information content (AvgIpc) is 3.16. The van der Waals surface area contributed by atoms with Gasteiger partial charge in [0, 0.05) is 45.2 Å². The van der Waals surface area contributed by atoms with Gasteiger partial charge >= 0.3 is 0 Å². The van der Waals surface area contributed by atoms with E-state index in [0.717, 1.165) is 0 Å². The maximum atomic E-state index is 12.4. The molecule has 0 N–H and O–H groups in total. The molecule has 1 amide bonds. The van der Waals surface area contributed by atoms with Gasteiger partial charge < -0.3 is 9.42 Å². The first-order valence-corrected chi connectivity index (χ1v) is 10.6. The van der Waals surface area contributed by atoms with Gasteiger partial charge in [0.25, 0.3) is 5.91 Å². The number of hydrogen-bond acceptors (Lipinski definition) is 7. The van der Waals surface area contributed by atoms with Gasteiger partial charge in [-0.25, -0.2) is 8.42 Å². The summed E-state index contributed by atoms with van der Waals surface area (Å²) in [6, 6.07) is -0.253. The third kappa shape index (κ3) is 4.35. The third-order valence-corrected chi connectivity index (χ3v) is 5.80. The van der Waals surface area contributed by atoms with Crippen LogP contribution in [0, 0.1) is 0 Å². The zero-order valence-corrected chi connectivity index (χ0v) is 16.7. The molecule has 3 heterocycles. The molecule has 0 radical (unpaired) electrons. The molecule has 2 aromatic heterocycles. The molecule has 0 atom stereocenters. The largest absolute Gasteiger partial charge is 0.339 e. The summed E-state index contributed by atoms with van der Waals surface area (Å²) in [4.78, 5) is 18.3. The molecule has 11 heteroatoms. The Balaban J connectivity index is 1.60. The average molecular weight is 396 g/mol. The maximum Gasteiger partial charge on any atom is 0.257 e. The molecule has 0 bridgehead atoms. The van der Waals surface area contributed by atoms with Crippen molar-refractivity contribution in [3.63, 3.8) is 0 Å². The minimum atomic E-state index is -3.42. The van der Waals surface area contributed by atoms with Crippen LogP contribution in [-0.4, -0.2) is 75.4 Å². The van der Waals surface area contributed by atoms with Crippen LogP contribution in [0.3, 0.4) is 0 Å². The second kappa shape index (κ2) is 7.39. The number of amides is 1. The second-order valence-corrected chi connectivity index (χ2v) is 9.03. The molecular weight excluding hydrogens is 372 g/mol. The summed E-state index contributed by atoms with van der Waals surface area (Å²) >= 11 is 0. The van der Waals surface area contributed by atoms with Crippen LogP contribution >= 0.6 is 0 Å². The molecule has 1 saturated heterocycles. The van der Waals surface area contributed by atoms with Crippen molar-refractivity contribution in [2.75, 3.05) is 25.9 Å². The Kier molecular flexibility index (Phi) is 5.33. The Morgan fingerprint density at radius 1 is 1.41 bits per heavy atom. The molecule has 1 aliphatic heterocycles. The number of aryl methyl sites for hydroxylation is 1. The predicted molar refractivity (Wildman–Crippen MR) is 96.5 cm³/mol. The van der Waals surface area contributed by atoms with Crippen LogP contribution in [0.1, 0.15) is 41.8 Å². The van der Waals surface area contributed by atoms with Gasteiger partial charge in [-0.05, 0) is 0 Å². The summed E-state index contributed by atoms with van der Waals surface area (Å²) in [7, 11) is -1.68. The Morgan fingerprint density at radius 2 is 2.11 bits per heavy atom. The molecule has 1 aliphatic rings. The van der Waals surface area contributed by atoms with Crippen LogP contribution in [0.5, 0.6) is 0 Å². The van der Waals surface area contributed by atoms with Crippen molar-refractivity contribution < 1.29 is 17.7 Å². The molecule has 1 fully saturated rings. The number of sulfonamides is 1. The number of carbonyl (C=O) groups excluding carboxylic acids is 1. The minimum Gasteiger partial charge on any atom is -0.339 e. The van der Waals surface area contributed by atoms with E-state index in [1.165, 1.54) is 16.8 Å². The van der Waals surface area contributed by atoms with E-state index in [1.807, 2.05) is 13.8 Å². The van der Waals surface area contributed by atoms with Crippen molar-refractivity contribution in [1.82, 2.24) is 29.1 Å². The Morgan fingerprint density at radius 3 is 2.63 bits per heavy atom. The zero-order chi connectivity index (χ0) is 19.8. The van der Waals surface area contributed by atoms with Crippen LogP contribution in [-0.2, 0) is 23.5 Å². The molecule has 148 valence electrons. The molecule has 0 spiro atoms. The number of hydrogen-bond donors (Lipinski definition) is 0. The monoisotopic (exact) mass is 396 g/mol. The van der Waals surface area contributed by atoms with Crippen LogP contribution in [0.25, 0.3) is 0 Å². The second-order valence-electron chi connectivity index (χ2n) is 7.09. The fourth-order valence-corrected chi connectivity index (χ4v) is 4.05. The highest BCUT2D eigenvalue weighted by Crippen LogP contribution is 2.21. The molecule has 0 unspecified atom stereocenters. The summed E-state index contributed by atoms with van der Waals surface area (Å²) in [5.74, 6) is 0.992. The van der Waals surface area contributed by atoms with Gasteiger partial charge in [0.1, 0.15) is 0 Å². The van der Waals surface area contributed by atoms with Crippen molar-refractivity contribution in [3.8, 4) is 0 Å². The highest BCUT2D eigenvalue weighted by molar-refractivity contribution is 7.88. The van der Waals surface area contributed by atoms with E-state index in [2.05, 4.69) is 15.2 Å². The van der Waals surface area contributed by atoms with Crippen molar-refractivity contribution >= 4 is 15.9 Å². The van der Waals surface area contributed by atoms with Crippen LogP contribution in [0.4, 0.5) is 0 Å². The summed E-state index contributed by atoms with van der Waals surface area (Å²) < 4.78 is 32.5. The van der Waals surface area contributed by atoms with Crippen molar-refractivity contribution in [1.29, 1.82) is 0 Å². The van der Waals surface area contributed by atoms with Gasteiger partial charge in [-0.15, -0.1) is 0 Å². The van der Waals surface area contributed by atoms with E-state index in [1.54, 1.807) is 22.8 Å². The lowest BCUT2D eigenvalue weighted by atomic mass is 10.1.